The molecule has 1 unspecified atom stereocenters. The van der Waals surface area contributed by atoms with Crippen molar-refractivity contribution in [3.63, 3.8) is 0 Å². The highest BCUT2D eigenvalue weighted by Gasteiger charge is 2.18. The van der Waals surface area contributed by atoms with E-state index >= 15 is 0 Å². The van der Waals surface area contributed by atoms with E-state index in [1.54, 1.807) is 27.4 Å². The molecule has 0 bridgehead atoms. The van der Waals surface area contributed by atoms with Crippen LogP contribution in [-0.4, -0.2) is 46.1 Å². The molecule has 0 fully saturated rings. The Bertz CT molecular complexity index is 412. The van der Waals surface area contributed by atoms with Gasteiger partial charge in [0.1, 0.15) is 5.75 Å². The highest BCUT2D eigenvalue weighted by molar-refractivity contribution is 5.52. The van der Waals surface area contributed by atoms with Gasteiger partial charge >= 0.3 is 0 Å². The lowest BCUT2D eigenvalue weighted by atomic mass is 10.0. The van der Waals surface area contributed by atoms with Crippen molar-refractivity contribution in [3.05, 3.63) is 17.7 Å². The van der Waals surface area contributed by atoms with E-state index in [1.165, 1.54) is 0 Å². The molecule has 20 heavy (non-hydrogen) atoms. The molecular weight excluding hydrogens is 260 g/mol. The van der Waals surface area contributed by atoms with Gasteiger partial charge in [-0.1, -0.05) is 0 Å². The molecule has 6 heteroatoms. The maximum absolute atomic E-state index is 8.84. The summed E-state index contributed by atoms with van der Waals surface area (Å²) in [5.41, 5.74) is 6.73. The van der Waals surface area contributed by atoms with Gasteiger partial charge in [-0.3, -0.25) is 0 Å². The van der Waals surface area contributed by atoms with Gasteiger partial charge in [0.2, 0.25) is 0 Å². The summed E-state index contributed by atoms with van der Waals surface area (Å²) in [5, 5.41) is 12.1. The molecule has 1 aromatic rings. The minimum atomic E-state index is -0.0729. The minimum Gasteiger partial charge on any atom is -0.496 e. The van der Waals surface area contributed by atoms with Crippen LogP contribution in [0.2, 0.25) is 0 Å². The summed E-state index contributed by atoms with van der Waals surface area (Å²) in [6, 6.07) is 3.57. The average molecular weight is 284 g/mol. The summed E-state index contributed by atoms with van der Waals surface area (Å²) in [4.78, 5) is 0. The number of nitrogens with one attached hydrogen (secondary N) is 1. The molecule has 0 saturated heterocycles. The molecule has 0 saturated carbocycles. The van der Waals surface area contributed by atoms with Crippen LogP contribution in [0.1, 0.15) is 18.0 Å². The molecule has 1 rings (SSSR count). The third-order valence-corrected chi connectivity index (χ3v) is 3.07. The molecule has 4 N–H and O–H groups in total. The van der Waals surface area contributed by atoms with Gasteiger partial charge in [0.25, 0.3) is 0 Å². The van der Waals surface area contributed by atoms with Crippen LogP contribution in [0.4, 0.5) is 0 Å². The minimum absolute atomic E-state index is 0.0729. The molecule has 0 spiro atoms. The van der Waals surface area contributed by atoms with Crippen LogP contribution in [0.15, 0.2) is 12.1 Å². The van der Waals surface area contributed by atoms with Gasteiger partial charge in [-0.25, -0.2) is 0 Å². The number of benzene rings is 1. The zero-order valence-electron chi connectivity index (χ0n) is 12.3. The molecule has 0 aromatic heterocycles. The van der Waals surface area contributed by atoms with E-state index in [1.807, 2.05) is 6.07 Å². The molecule has 114 valence electrons. The smallest absolute Gasteiger partial charge is 0.164 e. The van der Waals surface area contributed by atoms with Crippen LogP contribution in [0.25, 0.3) is 0 Å². The van der Waals surface area contributed by atoms with Crippen molar-refractivity contribution in [2.24, 2.45) is 5.73 Å². The van der Waals surface area contributed by atoms with Gasteiger partial charge in [0, 0.05) is 30.8 Å². The fourth-order valence-corrected chi connectivity index (χ4v) is 2.00. The normalized spacial score (nSPS) is 12.1. The van der Waals surface area contributed by atoms with E-state index in [0.29, 0.717) is 36.8 Å². The Hall–Kier alpha value is -1.50. The lowest BCUT2D eigenvalue weighted by Gasteiger charge is -2.21. The molecular formula is C14H24N2O4. The fraction of sp³-hybridized carbons (Fsp3) is 0.571. The molecule has 1 aromatic carbocycles. The highest BCUT2D eigenvalue weighted by atomic mass is 16.5. The van der Waals surface area contributed by atoms with E-state index in [-0.39, 0.29) is 12.6 Å². The quantitative estimate of drug-likeness (QED) is 0.578. The molecule has 0 aliphatic rings. The van der Waals surface area contributed by atoms with Crippen molar-refractivity contribution in [2.45, 2.75) is 12.5 Å². The highest BCUT2D eigenvalue weighted by Crippen LogP contribution is 2.37. The van der Waals surface area contributed by atoms with Crippen molar-refractivity contribution in [1.82, 2.24) is 5.32 Å². The third-order valence-electron chi connectivity index (χ3n) is 3.07. The standard InChI is InChI=1S/C14H24N2O4/c1-18-12-8-14(20-3)13(19-2)7-10(12)11(9-15)16-5-4-6-17/h7-8,11,16-17H,4-6,9,15H2,1-3H3. The predicted octanol–water partition coefficient (Wildman–Crippen LogP) is 0.684. The Morgan fingerprint density at radius 2 is 1.70 bits per heavy atom. The van der Waals surface area contributed by atoms with E-state index in [9.17, 15) is 0 Å². The molecule has 0 aliphatic carbocycles. The van der Waals surface area contributed by atoms with Crippen LogP contribution < -0.4 is 25.3 Å². The second-order valence-electron chi connectivity index (χ2n) is 4.27. The van der Waals surface area contributed by atoms with Crippen molar-refractivity contribution in [3.8, 4) is 17.2 Å². The molecule has 0 heterocycles. The third kappa shape index (κ3) is 4.00. The van der Waals surface area contributed by atoms with Crippen molar-refractivity contribution >= 4 is 0 Å². The van der Waals surface area contributed by atoms with Crippen LogP contribution in [-0.2, 0) is 0 Å². The Morgan fingerprint density at radius 3 is 2.20 bits per heavy atom. The van der Waals surface area contributed by atoms with Crippen LogP contribution >= 0.6 is 0 Å². The first-order valence-corrected chi connectivity index (χ1v) is 6.56. The zero-order chi connectivity index (χ0) is 15.0. The molecule has 0 radical (unpaired) electrons. The number of methoxy groups -OCH3 is 3. The second-order valence-corrected chi connectivity index (χ2v) is 4.27. The Kier molecular flexibility index (Phi) is 7.14. The average Bonchev–Trinajstić information content (AvgIpc) is 2.50. The number of rotatable bonds is 9. The summed E-state index contributed by atoms with van der Waals surface area (Å²) in [6.07, 6.45) is 0.673. The van der Waals surface area contributed by atoms with Crippen molar-refractivity contribution in [2.75, 3.05) is 41.0 Å². The molecule has 0 amide bonds. The number of ether oxygens (including phenoxy) is 3. The maximum atomic E-state index is 8.84. The van der Waals surface area contributed by atoms with Gasteiger partial charge < -0.3 is 30.4 Å². The summed E-state index contributed by atoms with van der Waals surface area (Å²) in [7, 11) is 4.77. The van der Waals surface area contributed by atoms with E-state index in [0.717, 1.165) is 5.56 Å². The first-order chi connectivity index (χ1) is 9.71. The number of hydrogen-bond acceptors (Lipinski definition) is 6. The summed E-state index contributed by atoms with van der Waals surface area (Å²) < 4.78 is 16.0. The van der Waals surface area contributed by atoms with Gasteiger partial charge in [0.05, 0.1) is 21.3 Å². The van der Waals surface area contributed by atoms with E-state index < -0.39 is 0 Å². The Labute approximate surface area is 119 Å². The SMILES string of the molecule is COc1cc(OC)c(C(CN)NCCCO)cc1OC. The monoisotopic (exact) mass is 284 g/mol. The Morgan fingerprint density at radius 1 is 1.10 bits per heavy atom. The first kappa shape index (κ1) is 16.6. The first-order valence-electron chi connectivity index (χ1n) is 6.56. The number of nitrogens with two attached hydrogens (primary N) is 1. The molecule has 6 nitrogen and oxygen atoms in total. The predicted molar refractivity (Wildman–Crippen MR) is 77.6 cm³/mol. The van der Waals surface area contributed by atoms with Crippen LogP contribution in [0.3, 0.4) is 0 Å². The van der Waals surface area contributed by atoms with Crippen molar-refractivity contribution < 1.29 is 19.3 Å². The summed E-state index contributed by atoms with van der Waals surface area (Å²) >= 11 is 0. The van der Waals surface area contributed by atoms with E-state index in [4.69, 9.17) is 25.1 Å². The fourth-order valence-electron chi connectivity index (χ4n) is 2.00. The van der Waals surface area contributed by atoms with Crippen LogP contribution in [0.5, 0.6) is 17.2 Å². The van der Waals surface area contributed by atoms with Crippen LogP contribution in [0, 0.1) is 0 Å². The lowest BCUT2D eigenvalue weighted by Crippen LogP contribution is -2.29. The number of hydrogen-bond donors (Lipinski definition) is 3. The van der Waals surface area contributed by atoms with Crippen molar-refractivity contribution in [1.29, 1.82) is 0 Å². The Balaban J connectivity index is 3.05. The summed E-state index contributed by atoms with van der Waals surface area (Å²) in [6.45, 7) is 1.24. The van der Waals surface area contributed by atoms with Gasteiger partial charge in [0.15, 0.2) is 11.5 Å². The van der Waals surface area contributed by atoms with Gasteiger partial charge in [-0.15, -0.1) is 0 Å². The second kappa shape index (κ2) is 8.63. The topological polar surface area (TPSA) is 86.0 Å². The van der Waals surface area contributed by atoms with E-state index in [2.05, 4.69) is 5.32 Å². The number of aliphatic hydroxyl groups is 1. The number of aliphatic hydroxyl groups excluding tert-OH is 1. The molecule has 1 atom stereocenters. The maximum Gasteiger partial charge on any atom is 0.164 e. The lowest BCUT2D eigenvalue weighted by molar-refractivity contribution is 0.283. The largest absolute Gasteiger partial charge is 0.496 e. The van der Waals surface area contributed by atoms with Gasteiger partial charge in [-0.05, 0) is 19.0 Å². The zero-order valence-corrected chi connectivity index (χ0v) is 12.3. The summed E-state index contributed by atoms with van der Waals surface area (Å²) in [5.74, 6) is 1.93. The van der Waals surface area contributed by atoms with Gasteiger partial charge in [-0.2, -0.15) is 0 Å². The molecule has 0 aliphatic heterocycles.